The SMILES string of the molecule is CCCN(CC1CCCN1)S(=O)(=O)c1ccc(Br)cc1. The second-order valence-electron chi connectivity index (χ2n) is 5.11. The van der Waals surface area contributed by atoms with Gasteiger partial charge >= 0.3 is 0 Å². The second-order valence-corrected chi connectivity index (χ2v) is 7.96. The third-order valence-corrected chi connectivity index (χ3v) is 5.92. The summed E-state index contributed by atoms with van der Waals surface area (Å²) >= 11 is 3.33. The normalized spacial score (nSPS) is 19.6. The lowest BCUT2D eigenvalue weighted by Gasteiger charge is -2.25. The monoisotopic (exact) mass is 360 g/mol. The molecular formula is C14H21BrN2O2S. The Morgan fingerprint density at radius 3 is 2.60 bits per heavy atom. The molecule has 1 heterocycles. The van der Waals surface area contributed by atoms with E-state index in [-0.39, 0.29) is 6.04 Å². The molecule has 1 saturated heterocycles. The van der Waals surface area contributed by atoms with Crippen LogP contribution in [0.25, 0.3) is 0 Å². The molecule has 0 aliphatic carbocycles. The molecule has 1 aromatic rings. The number of benzene rings is 1. The molecule has 1 aliphatic heterocycles. The van der Waals surface area contributed by atoms with E-state index in [0.29, 0.717) is 18.0 Å². The maximum atomic E-state index is 12.7. The summed E-state index contributed by atoms with van der Waals surface area (Å²) < 4.78 is 27.9. The molecule has 1 fully saturated rings. The Hall–Kier alpha value is -0.430. The molecule has 20 heavy (non-hydrogen) atoms. The van der Waals surface area contributed by atoms with Crippen molar-refractivity contribution >= 4 is 26.0 Å². The summed E-state index contributed by atoms with van der Waals surface area (Å²) in [6.45, 7) is 4.12. The zero-order valence-corrected chi connectivity index (χ0v) is 14.1. The van der Waals surface area contributed by atoms with E-state index in [4.69, 9.17) is 0 Å². The summed E-state index contributed by atoms with van der Waals surface area (Å²) in [6.07, 6.45) is 3.00. The minimum absolute atomic E-state index is 0.284. The molecule has 1 aliphatic rings. The second kappa shape index (κ2) is 7.02. The lowest BCUT2D eigenvalue weighted by Crippen LogP contribution is -2.41. The number of nitrogens with one attached hydrogen (secondary N) is 1. The van der Waals surface area contributed by atoms with Crippen molar-refractivity contribution in [2.24, 2.45) is 0 Å². The third-order valence-electron chi connectivity index (χ3n) is 3.51. The Morgan fingerprint density at radius 1 is 1.35 bits per heavy atom. The van der Waals surface area contributed by atoms with Crippen molar-refractivity contribution in [2.45, 2.75) is 37.1 Å². The van der Waals surface area contributed by atoms with Gasteiger partial charge in [0.15, 0.2) is 0 Å². The van der Waals surface area contributed by atoms with Crippen LogP contribution in [-0.4, -0.2) is 38.4 Å². The van der Waals surface area contributed by atoms with Crippen molar-refractivity contribution in [3.8, 4) is 0 Å². The van der Waals surface area contributed by atoms with Gasteiger partial charge in [0, 0.05) is 23.6 Å². The van der Waals surface area contributed by atoms with E-state index < -0.39 is 10.0 Å². The topological polar surface area (TPSA) is 49.4 Å². The van der Waals surface area contributed by atoms with Gasteiger partial charge in [0.25, 0.3) is 0 Å². The molecule has 0 saturated carbocycles. The van der Waals surface area contributed by atoms with E-state index in [0.717, 1.165) is 30.3 Å². The third kappa shape index (κ3) is 3.81. The van der Waals surface area contributed by atoms with Crippen molar-refractivity contribution in [1.29, 1.82) is 0 Å². The van der Waals surface area contributed by atoms with Crippen LogP contribution in [0, 0.1) is 0 Å². The van der Waals surface area contributed by atoms with Gasteiger partial charge in [-0.1, -0.05) is 22.9 Å². The Kier molecular flexibility index (Phi) is 5.60. The van der Waals surface area contributed by atoms with Crippen LogP contribution in [0.5, 0.6) is 0 Å². The van der Waals surface area contributed by atoms with Gasteiger partial charge in [-0.15, -0.1) is 0 Å². The highest BCUT2D eigenvalue weighted by molar-refractivity contribution is 9.10. The molecule has 0 bridgehead atoms. The number of nitrogens with zero attached hydrogens (tertiary/aromatic N) is 1. The average Bonchev–Trinajstić information content (AvgIpc) is 2.92. The summed E-state index contributed by atoms with van der Waals surface area (Å²) in [5.74, 6) is 0. The zero-order valence-electron chi connectivity index (χ0n) is 11.7. The molecule has 6 heteroatoms. The molecule has 0 aromatic heterocycles. The number of halogens is 1. The van der Waals surface area contributed by atoms with Crippen molar-refractivity contribution < 1.29 is 8.42 Å². The first-order valence-corrected chi connectivity index (χ1v) is 9.26. The first kappa shape index (κ1) is 15.9. The fourth-order valence-electron chi connectivity index (χ4n) is 2.47. The summed E-state index contributed by atoms with van der Waals surface area (Å²) in [6, 6.07) is 7.14. The average molecular weight is 361 g/mol. The maximum absolute atomic E-state index is 12.7. The van der Waals surface area contributed by atoms with Gasteiger partial charge in [-0.2, -0.15) is 4.31 Å². The van der Waals surface area contributed by atoms with Crippen LogP contribution in [0.1, 0.15) is 26.2 Å². The molecule has 0 spiro atoms. The van der Waals surface area contributed by atoms with Crippen LogP contribution in [0.2, 0.25) is 0 Å². The summed E-state index contributed by atoms with van der Waals surface area (Å²) in [4.78, 5) is 0.368. The number of rotatable bonds is 6. The van der Waals surface area contributed by atoms with Crippen LogP contribution in [0.4, 0.5) is 0 Å². The molecule has 4 nitrogen and oxygen atoms in total. The van der Waals surface area contributed by atoms with Gasteiger partial charge < -0.3 is 5.32 Å². The van der Waals surface area contributed by atoms with Crippen LogP contribution in [0.15, 0.2) is 33.6 Å². The van der Waals surface area contributed by atoms with Crippen LogP contribution in [-0.2, 0) is 10.0 Å². The molecular weight excluding hydrogens is 340 g/mol. The highest BCUT2D eigenvalue weighted by Gasteiger charge is 2.27. The predicted octanol–water partition coefficient (Wildman–Crippen LogP) is 2.60. The first-order valence-electron chi connectivity index (χ1n) is 7.03. The quantitative estimate of drug-likeness (QED) is 0.847. The first-order chi connectivity index (χ1) is 9.54. The Bertz CT molecular complexity index is 525. The predicted molar refractivity (Wildman–Crippen MR) is 84.2 cm³/mol. The fraction of sp³-hybridized carbons (Fsp3) is 0.571. The highest BCUT2D eigenvalue weighted by Crippen LogP contribution is 2.20. The molecule has 0 amide bonds. The lowest BCUT2D eigenvalue weighted by atomic mass is 10.2. The summed E-state index contributed by atoms with van der Waals surface area (Å²) in [5, 5.41) is 3.36. The molecule has 2 rings (SSSR count). The van der Waals surface area contributed by atoms with E-state index in [1.807, 2.05) is 6.92 Å². The van der Waals surface area contributed by atoms with Gasteiger partial charge in [0.2, 0.25) is 10.0 Å². The minimum atomic E-state index is -3.39. The number of hydrogen-bond acceptors (Lipinski definition) is 3. The maximum Gasteiger partial charge on any atom is 0.243 e. The Balaban J connectivity index is 2.19. The van der Waals surface area contributed by atoms with E-state index in [1.165, 1.54) is 0 Å². The lowest BCUT2D eigenvalue weighted by molar-refractivity contribution is 0.369. The molecule has 1 atom stereocenters. The Morgan fingerprint density at radius 2 is 2.05 bits per heavy atom. The summed E-state index contributed by atoms with van der Waals surface area (Å²) in [5.41, 5.74) is 0. The van der Waals surface area contributed by atoms with Gasteiger partial charge in [-0.25, -0.2) is 8.42 Å². The number of hydrogen-bond donors (Lipinski definition) is 1. The summed E-state index contributed by atoms with van der Waals surface area (Å²) in [7, 11) is -3.39. The van der Waals surface area contributed by atoms with Crippen LogP contribution < -0.4 is 5.32 Å². The van der Waals surface area contributed by atoms with Crippen LogP contribution in [0.3, 0.4) is 0 Å². The van der Waals surface area contributed by atoms with Crippen molar-refractivity contribution in [1.82, 2.24) is 9.62 Å². The van der Waals surface area contributed by atoms with Crippen molar-refractivity contribution in [3.05, 3.63) is 28.7 Å². The number of sulfonamides is 1. The Labute approximate surface area is 129 Å². The molecule has 112 valence electrons. The standard InChI is InChI=1S/C14H21BrN2O2S/c1-2-10-17(11-13-4-3-9-16-13)20(18,19)14-7-5-12(15)6-8-14/h5-8,13,16H,2-4,9-11H2,1H3. The zero-order chi connectivity index (χ0) is 14.6. The van der Waals surface area contributed by atoms with Crippen LogP contribution >= 0.6 is 15.9 Å². The molecule has 1 N–H and O–H groups in total. The smallest absolute Gasteiger partial charge is 0.243 e. The van der Waals surface area contributed by atoms with Crippen molar-refractivity contribution in [3.63, 3.8) is 0 Å². The minimum Gasteiger partial charge on any atom is -0.313 e. The molecule has 1 aromatic carbocycles. The fourth-order valence-corrected chi connectivity index (χ4v) is 4.31. The van der Waals surface area contributed by atoms with Gasteiger partial charge in [0.1, 0.15) is 0 Å². The van der Waals surface area contributed by atoms with Gasteiger partial charge in [0.05, 0.1) is 4.90 Å². The van der Waals surface area contributed by atoms with Gasteiger partial charge in [-0.3, -0.25) is 0 Å². The van der Waals surface area contributed by atoms with Gasteiger partial charge in [-0.05, 0) is 50.1 Å². The highest BCUT2D eigenvalue weighted by atomic mass is 79.9. The van der Waals surface area contributed by atoms with E-state index in [9.17, 15) is 8.42 Å². The molecule has 0 radical (unpaired) electrons. The largest absolute Gasteiger partial charge is 0.313 e. The van der Waals surface area contributed by atoms with E-state index in [2.05, 4.69) is 21.2 Å². The van der Waals surface area contributed by atoms with E-state index >= 15 is 0 Å². The molecule has 1 unspecified atom stereocenters. The van der Waals surface area contributed by atoms with E-state index in [1.54, 1.807) is 28.6 Å². The van der Waals surface area contributed by atoms with Crippen molar-refractivity contribution in [2.75, 3.05) is 19.6 Å².